The van der Waals surface area contributed by atoms with Crippen LogP contribution in [0.15, 0.2) is 29.3 Å². The maximum Gasteiger partial charge on any atom is 0.322 e. The fourth-order valence-corrected chi connectivity index (χ4v) is 8.26. The van der Waals surface area contributed by atoms with Gasteiger partial charge in [0, 0.05) is 49.0 Å². The number of hydrogen-bond acceptors (Lipinski definition) is 5. The monoisotopic (exact) mass is 548 g/mol. The predicted octanol–water partition coefficient (Wildman–Crippen LogP) is 1.50. The lowest BCUT2D eigenvalue weighted by molar-refractivity contribution is -0.143. The van der Waals surface area contributed by atoms with Gasteiger partial charge in [-0.2, -0.15) is 4.31 Å². The van der Waals surface area contributed by atoms with E-state index in [1.54, 1.807) is 44.8 Å². The summed E-state index contributed by atoms with van der Waals surface area (Å²) in [5.74, 6) is -0.260. The van der Waals surface area contributed by atoms with Crippen LogP contribution in [0.4, 0.5) is 4.79 Å². The van der Waals surface area contributed by atoms with Gasteiger partial charge in [-0.3, -0.25) is 14.5 Å². The number of aromatic nitrogens is 1. The Kier molecular flexibility index (Phi) is 5.35. The number of nitrogens with one attached hydrogen (secondary N) is 1. The maximum atomic E-state index is 13.8. The number of urea groups is 1. The number of halogens is 1. The van der Waals surface area contributed by atoms with Gasteiger partial charge in [0.1, 0.15) is 5.03 Å². The maximum absolute atomic E-state index is 13.8. The van der Waals surface area contributed by atoms with Gasteiger partial charge >= 0.3 is 6.03 Å². The highest BCUT2D eigenvalue weighted by atomic mass is 35.5. The van der Waals surface area contributed by atoms with E-state index >= 15 is 0 Å². The molecule has 4 aliphatic rings. The van der Waals surface area contributed by atoms with Crippen molar-refractivity contribution in [2.24, 2.45) is 0 Å². The number of piperidine rings is 1. The summed E-state index contributed by atoms with van der Waals surface area (Å²) in [5, 5.41) is 1.12. The lowest BCUT2D eigenvalue weighted by atomic mass is 9.86. The van der Waals surface area contributed by atoms with Crippen LogP contribution in [-0.4, -0.2) is 113 Å². The average molecular weight is 549 g/mol. The van der Waals surface area contributed by atoms with Crippen LogP contribution in [0.25, 0.3) is 10.9 Å². The second-order valence-corrected chi connectivity index (χ2v) is 12.9. The molecule has 1 atom stereocenters. The highest BCUT2D eigenvalue weighted by molar-refractivity contribution is 7.89. The molecule has 0 bridgehead atoms. The smallest absolute Gasteiger partial charge is 0.322 e. The van der Waals surface area contributed by atoms with Crippen molar-refractivity contribution in [2.75, 3.05) is 46.3 Å². The van der Waals surface area contributed by atoms with Crippen LogP contribution in [0.2, 0.25) is 5.02 Å². The van der Waals surface area contributed by atoms with E-state index in [-0.39, 0.29) is 42.5 Å². The number of carbonyl (C=O) groups excluding carboxylic acids is 3. The molecule has 0 aliphatic carbocycles. The fourth-order valence-electron chi connectivity index (χ4n) is 6.63. The van der Waals surface area contributed by atoms with Crippen molar-refractivity contribution in [3.63, 3.8) is 0 Å². The van der Waals surface area contributed by atoms with Crippen LogP contribution < -0.4 is 0 Å². The van der Waals surface area contributed by atoms with Crippen LogP contribution in [0.3, 0.4) is 0 Å². The molecule has 4 aliphatic heterocycles. The van der Waals surface area contributed by atoms with E-state index in [2.05, 4.69) is 4.98 Å². The van der Waals surface area contributed by atoms with E-state index in [4.69, 9.17) is 11.6 Å². The van der Waals surface area contributed by atoms with Crippen molar-refractivity contribution >= 4 is 50.4 Å². The number of likely N-dealkylation sites (tertiary alicyclic amines) is 1. The molecular formula is C24H29ClN6O5S. The number of benzene rings is 1. The van der Waals surface area contributed by atoms with Crippen molar-refractivity contribution in [1.29, 1.82) is 0 Å². The van der Waals surface area contributed by atoms with E-state index < -0.39 is 21.2 Å². The lowest BCUT2D eigenvalue weighted by Crippen LogP contribution is -2.68. The molecule has 5 heterocycles. The zero-order valence-corrected chi connectivity index (χ0v) is 22.3. The summed E-state index contributed by atoms with van der Waals surface area (Å²) >= 11 is 6.08. The minimum absolute atomic E-state index is 0.0212. The topological polar surface area (TPSA) is 117 Å². The number of fused-ring (bicyclic) bond motifs is 2. The number of aromatic amines is 1. The van der Waals surface area contributed by atoms with Gasteiger partial charge in [0.05, 0.1) is 25.2 Å². The van der Waals surface area contributed by atoms with E-state index in [9.17, 15) is 22.8 Å². The standard InChI is InChI=1S/C24H29ClN6O5S/c1-3-20(32)28-8-6-23(7-9-28)13-30-21(33)12-29(15-24(30)14-27(2)22(34)31(23)24)37(35,36)19-11-16-10-17(25)4-5-18(16)26-19/h4-5,10-11,26H,3,6-9,12-15H2,1-2H3. The number of nitrogens with zero attached hydrogens (tertiary/aromatic N) is 5. The molecule has 1 aromatic carbocycles. The van der Waals surface area contributed by atoms with Crippen LogP contribution in [0.1, 0.15) is 26.2 Å². The zero-order chi connectivity index (χ0) is 26.3. The number of carbonyl (C=O) groups is 3. The first kappa shape index (κ1) is 24.5. The average Bonchev–Trinajstić information content (AvgIpc) is 3.48. The zero-order valence-electron chi connectivity index (χ0n) is 20.7. The van der Waals surface area contributed by atoms with Gasteiger partial charge in [0.2, 0.25) is 11.8 Å². The third-order valence-corrected chi connectivity index (χ3v) is 10.4. The second-order valence-electron chi connectivity index (χ2n) is 10.5. The molecule has 0 saturated carbocycles. The van der Waals surface area contributed by atoms with Crippen molar-refractivity contribution in [3.05, 3.63) is 29.3 Å². The number of piperazine rings is 1. The minimum atomic E-state index is -4.08. The minimum Gasteiger partial charge on any atom is -0.345 e. The number of hydrogen-bond donors (Lipinski definition) is 1. The number of H-pyrrole nitrogens is 1. The molecule has 1 N–H and O–H groups in total. The number of amides is 4. The van der Waals surface area contributed by atoms with E-state index in [0.29, 0.717) is 54.8 Å². The molecule has 0 radical (unpaired) electrons. The Hall–Kier alpha value is -2.83. The third kappa shape index (κ3) is 3.41. The van der Waals surface area contributed by atoms with Gasteiger partial charge in [-0.1, -0.05) is 18.5 Å². The van der Waals surface area contributed by atoms with Gasteiger partial charge in [0.25, 0.3) is 10.0 Å². The Morgan fingerprint density at radius 3 is 2.54 bits per heavy atom. The summed E-state index contributed by atoms with van der Waals surface area (Å²) in [6.45, 7) is 3.06. The summed E-state index contributed by atoms with van der Waals surface area (Å²) < 4.78 is 28.7. The summed E-state index contributed by atoms with van der Waals surface area (Å²) in [6.07, 6.45) is 1.50. The van der Waals surface area contributed by atoms with Gasteiger partial charge < -0.3 is 19.7 Å². The summed E-state index contributed by atoms with van der Waals surface area (Å²) in [7, 11) is -2.40. The molecule has 13 heteroatoms. The van der Waals surface area contributed by atoms with Crippen LogP contribution >= 0.6 is 11.6 Å². The normalized spacial score (nSPS) is 25.9. The highest BCUT2D eigenvalue weighted by Crippen LogP contribution is 2.49. The fraction of sp³-hybridized carbons (Fsp3) is 0.542. The van der Waals surface area contributed by atoms with E-state index in [0.717, 1.165) is 0 Å². The molecular weight excluding hydrogens is 520 g/mol. The molecule has 6 rings (SSSR count). The molecule has 2 aromatic rings. The molecule has 37 heavy (non-hydrogen) atoms. The van der Waals surface area contributed by atoms with E-state index in [1.165, 1.54) is 10.4 Å². The predicted molar refractivity (Wildman–Crippen MR) is 135 cm³/mol. The largest absolute Gasteiger partial charge is 0.345 e. The Morgan fingerprint density at radius 2 is 1.84 bits per heavy atom. The van der Waals surface area contributed by atoms with Crippen LogP contribution in [0.5, 0.6) is 0 Å². The molecule has 1 unspecified atom stereocenters. The van der Waals surface area contributed by atoms with Crippen molar-refractivity contribution in [2.45, 2.75) is 42.4 Å². The molecule has 1 aromatic heterocycles. The Bertz CT molecular complexity index is 1430. The van der Waals surface area contributed by atoms with Gasteiger partial charge in [-0.05, 0) is 37.1 Å². The SMILES string of the molecule is CCC(=O)N1CCC2(CC1)CN1C(=O)CN(S(=O)(=O)c3cc4cc(Cl)ccc4[nH]3)CC13CN(C)C(=O)N23. The molecule has 198 valence electrons. The molecule has 4 amide bonds. The summed E-state index contributed by atoms with van der Waals surface area (Å²) in [4.78, 5) is 49.1. The lowest BCUT2D eigenvalue weighted by Gasteiger charge is -2.47. The molecule has 4 saturated heterocycles. The summed E-state index contributed by atoms with van der Waals surface area (Å²) in [5.41, 5.74) is -1.11. The molecule has 4 fully saturated rings. The van der Waals surface area contributed by atoms with Gasteiger partial charge in [-0.25, -0.2) is 13.2 Å². The Balaban J connectivity index is 1.36. The number of sulfonamides is 1. The van der Waals surface area contributed by atoms with Crippen molar-refractivity contribution in [3.8, 4) is 0 Å². The Labute approximate surface area is 219 Å². The van der Waals surface area contributed by atoms with Gasteiger partial charge in [-0.15, -0.1) is 0 Å². The van der Waals surface area contributed by atoms with Gasteiger partial charge in [0.15, 0.2) is 5.66 Å². The van der Waals surface area contributed by atoms with Crippen molar-refractivity contribution in [1.82, 2.24) is 28.9 Å². The van der Waals surface area contributed by atoms with Crippen LogP contribution in [0, 0.1) is 0 Å². The highest BCUT2D eigenvalue weighted by Gasteiger charge is 2.69. The second kappa shape index (κ2) is 8.08. The number of likely N-dealkylation sites (N-methyl/N-ethyl adjacent to an activating group) is 1. The first-order valence-electron chi connectivity index (χ1n) is 12.4. The molecule has 11 nitrogen and oxygen atoms in total. The molecule has 2 spiro atoms. The van der Waals surface area contributed by atoms with Crippen LogP contribution in [-0.2, 0) is 19.6 Å². The number of rotatable bonds is 3. The quantitative estimate of drug-likeness (QED) is 0.624. The first-order chi connectivity index (χ1) is 17.5. The third-order valence-electron chi connectivity index (χ3n) is 8.42. The Morgan fingerprint density at radius 1 is 1.11 bits per heavy atom. The summed E-state index contributed by atoms with van der Waals surface area (Å²) in [6, 6.07) is 6.36. The van der Waals surface area contributed by atoms with Crippen molar-refractivity contribution < 1.29 is 22.8 Å². The van der Waals surface area contributed by atoms with E-state index in [1.807, 2.05) is 6.92 Å². The first-order valence-corrected chi connectivity index (χ1v) is 14.2.